The van der Waals surface area contributed by atoms with E-state index in [1.165, 1.54) is 39.3 Å². The molecular formula is C21H24N2O7. The van der Waals surface area contributed by atoms with Crippen molar-refractivity contribution in [3.8, 4) is 23.0 Å². The van der Waals surface area contributed by atoms with Gasteiger partial charge in [0.05, 0.1) is 20.8 Å². The average Bonchev–Trinajstić information content (AvgIpc) is 2.76. The summed E-state index contributed by atoms with van der Waals surface area (Å²) in [5.41, 5.74) is 5.30. The molecule has 0 aliphatic heterocycles. The van der Waals surface area contributed by atoms with E-state index >= 15 is 0 Å². The topological polar surface area (TPSA) is 112 Å². The highest BCUT2D eigenvalue weighted by atomic mass is 16.5. The second-order valence-electron chi connectivity index (χ2n) is 6.01. The highest BCUT2D eigenvalue weighted by molar-refractivity contribution is 5.96. The van der Waals surface area contributed by atoms with Crippen molar-refractivity contribution in [2.75, 3.05) is 27.4 Å². The van der Waals surface area contributed by atoms with Crippen LogP contribution in [0.15, 0.2) is 36.4 Å². The molecule has 0 aliphatic carbocycles. The summed E-state index contributed by atoms with van der Waals surface area (Å²) in [5.74, 6) is 0.290. The Hall–Kier alpha value is -3.75. The average molecular weight is 416 g/mol. The van der Waals surface area contributed by atoms with Crippen molar-refractivity contribution < 1.29 is 33.3 Å². The van der Waals surface area contributed by atoms with Crippen LogP contribution in [0, 0.1) is 0 Å². The van der Waals surface area contributed by atoms with Crippen molar-refractivity contribution in [2.45, 2.75) is 13.8 Å². The fourth-order valence-corrected chi connectivity index (χ4v) is 2.47. The maximum absolute atomic E-state index is 12.2. The molecule has 2 aromatic rings. The van der Waals surface area contributed by atoms with E-state index < -0.39 is 11.8 Å². The highest BCUT2D eigenvalue weighted by Gasteiger charge is 2.13. The van der Waals surface area contributed by atoms with Gasteiger partial charge in [-0.2, -0.15) is 0 Å². The van der Waals surface area contributed by atoms with Gasteiger partial charge in [0, 0.05) is 11.1 Å². The zero-order valence-electron chi connectivity index (χ0n) is 17.2. The number of carbonyl (C=O) groups is 3. The van der Waals surface area contributed by atoms with Crippen LogP contribution in [0.3, 0.4) is 0 Å². The van der Waals surface area contributed by atoms with Gasteiger partial charge in [-0.15, -0.1) is 0 Å². The molecule has 0 aliphatic rings. The van der Waals surface area contributed by atoms with Crippen LogP contribution < -0.4 is 29.8 Å². The van der Waals surface area contributed by atoms with Gasteiger partial charge in [0.15, 0.2) is 35.4 Å². The molecular weight excluding hydrogens is 392 g/mol. The molecule has 2 rings (SSSR count). The number of benzene rings is 2. The van der Waals surface area contributed by atoms with E-state index in [1.807, 2.05) is 6.92 Å². The number of hydrazine groups is 1. The normalized spacial score (nSPS) is 10.0. The quantitative estimate of drug-likeness (QED) is 0.476. The van der Waals surface area contributed by atoms with Gasteiger partial charge in [-0.25, -0.2) is 0 Å². The minimum absolute atomic E-state index is 0.119. The molecule has 2 N–H and O–H groups in total. The molecule has 0 fully saturated rings. The van der Waals surface area contributed by atoms with E-state index in [-0.39, 0.29) is 18.0 Å². The lowest BCUT2D eigenvalue weighted by Crippen LogP contribution is -2.43. The van der Waals surface area contributed by atoms with Gasteiger partial charge < -0.3 is 18.9 Å². The third-order valence-electron chi connectivity index (χ3n) is 3.97. The van der Waals surface area contributed by atoms with Crippen molar-refractivity contribution in [3.05, 3.63) is 47.5 Å². The van der Waals surface area contributed by atoms with Crippen LogP contribution >= 0.6 is 0 Å². The number of ketones is 1. The summed E-state index contributed by atoms with van der Waals surface area (Å²) in [7, 11) is 2.90. The molecule has 0 saturated heterocycles. The first-order valence-corrected chi connectivity index (χ1v) is 9.11. The Morgan fingerprint density at radius 1 is 0.800 bits per heavy atom. The Kier molecular flexibility index (Phi) is 8.04. The minimum Gasteiger partial charge on any atom is -0.493 e. The minimum atomic E-state index is -0.584. The van der Waals surface area contributed by atoms with Crippen molar-refractivity contribution in [1.29, 1.82) is 0 Å². The number of rotatable bonds is 9. The molecule has 0 aromatic heterocycles. The van der Waals surface area contributed by atoms with Gasteiger partial charge in [-0.05, 0) is 50.2 Å². The molecule has 30 heavy (non-hydrogen) atoms. The molecule has 0 spiro atoms. The summed E-state index contributed by atoms with van der Waals surface area (Å²) in [6.07, 6.45) is 0. The third kappa shape index (κ3) is 5.87. The molecule has 0 atom stereocenters. The maximum atomic E-state index is 12.2. The number of carbonyl (C=O) groups excluding carboxylic acids is 3. The van der Waals surface area contributed by atoms with Crippen molar-refractivity contribution >= 4 is 17.6 Å². The molecule has 0 unspecified atom stereocenters. The van der Waals surface area contributed by atoms with Gasteiger partial charge in [-0.1, -0.05) is 0 Å². The van der Waals surface area contributed by atoms with E-state index in [4.69, 9.17) is 18.9 Å². The fraction of sp³-hybridized carbons (Fsp3) is 0.286. The summed E-state index contributed by atoms with van der Waals surface area (Å²) in [5, 5.41) is 0. The Labute approximate surface area is 174 Å². The van der Waals surface area contributed by atoms with Crippen LogP contribution in [0.1, 0.15) is 34.6 Å². The Morgan fingerprint density at radius 2 is 1.37 bits per heavy atom. The zero-order valence-corrected chi connectivity index (χ0v) is 17.2. The van der Waals surface area contributed by atoms with Crippen molar-refractivity contribution in [3.63, 3.8) is 0 Å². The molecule has 160 valence electrons. The molecule has 0 heterocycles. The van der Waals surface area contributed by atoms with E-state index in [2.05, 4.69) is 10.9 Å². The summed E-state index contributed by atoms with van der Waals surface area (Å²) in [4.78, 5) is 35.7. The lowest BCUT2D eigenvalue weighted by atomic mass is 10.1. The number of hydrogen-bond donors (Lipinski definition) is 2. The van der Waals surface area contributed by atoms with Crippen LogP contribution in [-0.4, -0.2) is 45.0 Å². The third-order valence-corrected chi connectivity index (χ3v) is 3.97. The van der Waals surface area contributed by atoms with Gasteiger partial charge >= 0.3 is 0 Å². The van der Waals surface area contributed by atoms with Crippen LogP contribution in [0.2, 0.25) is 0 Å². The first kappa shape index (κ1) is 22.5. The predicted molar refractivity (Wildman–Crippen MR) is 108 cm³/mol. The number of amides is 2. The molecule has 2 amide bonds. The van der Waals surface area contributed by atoms with Gasteiger partial charge in [0.1, 0.15) is 0 Å². The molecule has 2 aromatic carbocycles. The molecule has 0 saturated carbocycles. The molecule has 0 radical (unpaired) electrons. The largest absolute Gasteiger partial charge is 0.493 e. The first-order valence-electron chi connectivity index (χ1n) is 9.11. The van der Waals surface area contributed by atoms with Crippen LogP contribution in [0.4, 0.5) is 0 Å². The predicted octanol–water partition coefficient (Wildman–Crippen LogP) is 2.15. The van der Waals surface area contributed by atoms with E-state index in [0.717, 1.165) is 0 Å². The van der Waals surface area contributed by atoms with Crippen molar-refractivity contribution in [2.24, 2.45) is 0 Å². The standard InChI is InChI=1S/C21H24N2O7/c1-5-29-16-9-7-15(11-19(16)28-4)21(26)23-22-20(25)12-30-17-8-6-14(13(2)24)10-18(17)27-3/h6-11H,5,12H2,1-4H3,(H,22,25)(H,23,26). The number of methoxy groups -OCH3 is 2. The molecule has 9 heteroatoms. The summed E-state index contributed by atoms with van der Waals surface area (Å²) >= 11 is 0. The zero-order chi connectivity index (χ0) is 22.1. The molecule has 0 bridgehead atoms. The molecule has 9 nitrogen and oxygen atoms in total. The highest BCUT2D eigenvalue weighted by Crippen LogP contribution is 2.29. The SMILES string of the molecule is CCOc1ccc(C(=O)NNC(=O)COc2ccc(C(C)=O)cc2OC)cc1OC. The lowest BCUT2D eigenvalue weighted by Gasteiger charge is -2.13. The van der Waals surface area contributed by atoms with Gasteiger partial charge in [-0.3, -0.25) is 25.2 Å². The summed E-state index contributed by atoms with van der Waals surface area (Å²) in [6.45, 7) is 3.36. The van der Waals surface area contributed by atoms with Gasteiger partial charge in [0.25, 0.3) is 11.8 Å². The first-order chi connectivity index (χ1) is 14.4. The number of ether oxygens (including phenoxy) is 4. The Morgan fingerprint density at radius 3 is 1.93 bits per heavy atom. The van der Waals surface area contributed by atoms with Crippen LogP contribution in [0.5, 0.6) is 23.0 Å². The van der Waals surface area contributed by atoms with E-state index in [9.17, 15) is 14.4 Å². The van der Waals surface area contributed by atoms with Crippen molar-refractivity contribution in [1.82, 2.24) is 10.9 Å². The van der Waals surface area contributed by atoms with Crippen LogP contribution in [-0.2, 0) is 4.79 Å². The fourth-order valence-electron chi connectivity index (χ4n) is 2.47. The van der Waals surface area contributed by atoms with E-state index in [1.54, 1.807) is 18.2 Å². The maximum Gasteiger partial charge on any atom is 0.276 e. The number of hydrogen-bond acceptors (Lipinski definition) is 7. The van der Waals surface area contributed by atoms with Crippen LogP contribution in [0.25, 0.3) is 0 Å². The Bertz CT molecular complexity index is 928. The number of Topliss-reactive ketones (excluding diaryl/α,β-unsaturated/α-hetero) is 1. The summed E-state index contributed by atoms with van der Waals surface area (Å²) in [6, 6.07) is 9.29. The second kappa shape index (κ2) is 10.7. The monoisotopic (exact) mass is 416 g/mol. The smallest absolute Gasteiger partial charge is 0.276 e. The Balaban J connectivity index is 1.92. The number of nitrogens with one attached hydrogen (secondary N) is 2. The summed E-state index contributed by atoms with van der Waals surface area (Å²) < 4.78 is 21.2. The second-order valence-corrected chi connectivity index (χ2v) is 6.01. The lowest BCUT2D eigenvalue weighted by molar-refractivity contribution is -0.123. The van der Waals surface area contributed by atoms with Gasteiger partial charge in [0.2, 0.25) is 0 Å². The van der Waals surface area contributed by atoms with E-state index in [0.29, 0.717) is 35.2 Å².